The van der Waals surface area contributed by atoms with Gasteiger partial charge in [0.15, 0.2) is 0 Å². The highest BCUT2D eigenvalue weighted by atomic mass is 16.4. The van der Waals surface area contributed by atoms with E-state index in [1.807, 2.05) is 0 Å². The number of aliphatic carboxylic acids is 1. The van der Waals surface area contributed by atoms with Crippen LogP contribution in [0, 0.1) is 11.8 Å². The lowest BCUT2D eigenvalue weighted by Crippen LogP contribution is -1.89. The number of unbranched alkanes of at least 4 members (excludes halogenated alkanes) is 2. The Morgan fingerprint density at radius 3 is 2.70 bits per heavy atom. The Labute approximate surface area is 61.2 Å². The summed E-state index contributed by atoms with van der Waals surface area (Å²) in [7, 11) is 0. The highest BCUT2D eigenvalue weighted by Crippen LogP contribution is 1.90. The van der Waals surface area contributed by atoms with Gasteiger partial charge in [0.05, 0.1) is 0 Å². The molecule has 0 aromatic carbocycles. The van der Waals surface area contributed by atoms with E-state index in [1.54, 1.807) is 0 Å². The standard InChI is InChI=1S/C8H12O2/c1-2-3-4-5-6-7-8(9)10/h2-4,7H2,1H3,(H,9,10). The van der Waals surface area contributed by atoms with Gasteiger partial charge in [0.25, 0.3) is 0 Å². The van der Waals surface area contributed by atoms with Crippen LogP contribution in [0.3, 0.4) is 0 Å². The molecule has 0 rings (SSSR count). The molecule has 0 aliphatic rings. The normalized spacial score (nSPS) is 8.10. The molecule has 1 N–H and O–H groups in total. The molecule has 0 fully saturated rings. The molecule has 0 saturated heterocycles. The molecule has 0 saturated carbocycles. The van der Waals surface area contributed by atoms with Crippen molar-refractivity contribution in [2.75, 3.05) is 0 Å². The largest absolute Gasteiger partial charge is 0.481 e. The second kappa shape index (κ2) is 6.15. The van der Waals surface area contributed by atoms with Gasteiger partial charge in [-0.2, -0.15) is 0 Å². The molecule has 0 spiro atoms. The minimum atomic E-state index is -0.844. The van der Waals surface area contributed by atoms with Gasteiger partial charge in [-0.3, -0.25) is 4.79 Å². The third-order valence-electron chi connectivity index (χ3n) is 1.02. The highest BCUT2D eigenvalue weighted by Gasteiger charge is 1.87. The molecule has 0 heterocycles. The first kappa shape index (κ1) is 9.03. The van der Waals surface area contributed by atoms with E-state index in [0.29, 0.717) is 0 Å². The van der Waals surface area contributed by atoms with Crippen LogP contribution >= 0.6 is 0 Å². The Kier molecular flexibility index (Phi) is 5.56. The van der Waals surface area contributed by atoms with Crippen LogP contribution in [0.15, 0.2) is 0 Å². The van der Waals surface area contributed by atoms with E-state index >= 15 is 0 Å². The van der Waals surface area contributed by atoms with Crippen LogP contribution in [-0.4, -0.2) is 11.1 Å². The highest BCUT2D eigenvalue weighted by molar-refractivity contribution is 5.69. The Bertz CT molecular complexity index is 150. The topological polar surface area (TPSA) is 37.3 Å². The summed E-state index contributed by atoms with van der Waals surface area (Å²) in [6, 6.07) is 0. The van der Waals surface area contributed by atoms with Crippen molar-refractivity contribution >= 4 is 5.97 Å². The zero-order valence-corrected chi connectivity index (χ0v) is 6.18. The van der Waals surface area contributed by atoms with Crippen LogP contribution in [-0.2, 0) is 4.79 Å². The van der Waals surface area contributed by atoms with Crippen molar-refractivity contribution in [3.63, 3.8) is 0 Å². The fourth-order valence-electron chi connectivity index (χ4n) is 0.492. The SMILES string of the molecule is CCCCC#CCC(=O)O. The lowest BCUT2D eigenvalue weighted by Gasteiger charge is -1.83. The summed E-state index contributed by atoms with van der Waals surface area (Å²) >= 11 is 0. The van der Waals surface area contributed by atoms with Crippen LogP contribution in [0.2, 0.25) is 0 Å². The summed E-state index contributed by atoms with van der Waals surface area (Å²) in [5.41, 5.74) is 0. The van der Waals surface area contributed by atoms with Gasteiger partial charge < -0.3 is 5.11 Å². The molecule has 0 radical (unpaired) electrons. The number of rotatable bonds is 3. The molecular formula is C8H12O2. The zero-order chi connectivity index (χ0) is 7.82. The predicted molar refractivity (Wildman–Crippen MR) is 39.6 cm³/mol. The lowest BCUT2D eigenvalue weighted by atomic mass is 10.2. The molecule has 0 aromatic rings. The molecule has 0 bridgehead atoms. The summed E-state index contributed by atoms with van der Waals surface area (Å²) in [5, 5.41) is 8.17. The van der Waals surface area contributed by atoms with E-state index in [2.05, 4.69) is 18.8 Å². The molecule has 2 nitrogen and oxygen atoms in total. The maximum Gasteiger partial charge on any atom is 0.315 e. The third kappa shape index (κ3) is 7.03. The summed E-state index contributed by atoms with van der Waals surface area (Å²) in [4.78, 5) is 9.93. The fraction of sp³-hybridized carbons (Fsp3) is 0.625. The maximum atomic E-state index is 9.93. The van der Waals surface area contributed by atoms with E-state index in [0.717, 1.165) is 19.3 Å². The van der Waals surface area contributed by atoms with Gasteiger partial charge in [-0.1, -0.05) is 19.3 Å². The second-order valence-corrected chi connectivity index (χ2v) is 2.03. The summed E-state index contributed by atoms with van der Waals surface area (Å²) in [6.45, 7) is 2.08. The number of carbonyl (C=O) groups is 1. The van der Waals surface area contributed by atoms with Crippen LogP contribution in [0.4, 0.5) is 0 Å². The van der Waals surface area contributed by atoms with Gasteiger partial charge in [0.1, 0.15) is 6.42 Å². The fourth-order valence-corrected chi connectivity index (χ4v) is 0.492. The first-order chi connectivity index (χ1) is 4.77. The van der Waals surface area contributed by atoms with Gasteiger partial charge in [0, 0.05) is 6.42 Å². The van der Waals surface area contributed by atoms with Crippen molar-refractivity contribution in [2.45, 2.75) is 32.6 Å². The Morgan fingerprint density at radius 1 is 1.50 bits per heavy atom. The molecule has 0 atom stereocenters. The smallest absolute Gasteiger partial charge is 0.315 e. The lowest BCUT2D eigenvalue weighted by molar-refractivity contribution is -0.135. The van der Waals surface area contributed by atoms with Crippen molar-refractivity contribution in [1.29, 1.82) is 0 Å². The van der Waals surface area contributed by atoms with Crippen molar-refractivity contribution in [3.05, 3.63) is 0 Å². The average Bonchev–Trinajstić information content (AvgIpc) is 1.87. The molecular weight excluding hydrogens is 128 g/mol. The maximum absolute atomic E-state index is 9.93. The second-order valence-electron chi connectivity index (χ2n) is 2.03. The molecule has 0 aromatic heterocycles. The minimum Gasteiger partial charge on any atom is -0.481 e. The zero-order valence-electron chi connectivity index (χ0n) is 6.18. The van der Waals surface area contributed by atoms with Gasteiger partial charge in [0.2, 0.25) is 0 Å². The average molecular weight is 140 g/mol. The van der Waals surface area contributed by atoms with Gasteiger partial charge in [-0.05, 0) is 6.42 Å². The summed E-state index contributed by atoms with van der Waals surface area (Å²) < 4.78 is 0. The first-order valence-corrected chi connectivity index (χ1v) is 3.45. The molecule has 2 heteroatoms. The summed E-state index contributed by atoms with van der Waals surface area (Å²) in [6.07, 6.45) is 2.97. The van der Waals surface area contributed by atoms with Gasteiger partial charge in [-0.15, -0.1) is 5.92 Å². The Hall–Kier alpha value is -0.970. The van der Waals surface area contributed by atoms with Crippen molar-refractivity contribution < 1.29 is 9.90 Å². The number of hydrogen-bond donors (Lipinski definition) is 1. The molecule has 0 amide bonds. The van der Waals surface area contributed by atoms with Crippen molar-refractivity contribution in [2.24, 2.45) is 0 Å². The van der Waals surface area contributed by atoms with Gasteiger partial charge in [-0.25, -0.2) is 0 Å². The van der Waals surface area contributed by atoms with E-state index < -0.39 is 5.97 Å². The van der Waals surface area contributed by atoms with Crippen LogP contribution in [0.5, 0.6) is 0 Å². The quantitative estimate of drug-likeness (QED) is 0.478. The molecule has 0 aliphatic heterocycles. The number of carboxylic acids is 1. The molecule has 0 aliphatic carbocycles. The number of hydrogen-bond acceptors (Lipinski definition) is 1. The number of carboxylic acid groups (broad SMARTS) is 1. The third-order valence-corrected chi connectivity index (χ3v) is 1.02. The minimum absolute atomic E-state index is 0.0241. The van der Waals surface area contributed by atoms with Gasteiger partial charge >= 0.3 is 5.97 Å². The van der Waals surface area contributed by atoms with Crippen LogP contribution < -0.4 is 0 Å². The Morgan fingerprint density at radius 2 is 2.20 bits per heavy atom. The van der Waals surface area contributed by atoms with Crippen LogP contribution in [0.25, 0.3) is 0 Å². The monoisotopic (exact) mass is 140 g/mol. The Balaban J connectivity index is 3.23. The van der Waals surface area contributed by atoms with E-state index in [1.165, 1.54) is 0 Å². The van der Waals surface area contributed by atoms with Crippen LogP contribution in [0.1, 0.15) is 32.6 Å². The van der Waals surface area contributed by atoms with Crippen molar-refractivity contribution in [3.8, 4) is 11.8 Å². The summed E-state index contributed by atoms with van der Waals surface area (Å²) in [5.74, 6) is 4.51. The first-order valence-electron chi connectivity index (χ1n) is 3.45. The molecule has 56 valence electrons. The van der Waals surface area contributed by atoms with E-state index in [9.17, 15) is 4.79 Å². The molecule has 0 unspecified atom stereocenters. The van der Waals surface area contributed by atoms with E-state index in [-0.39, 0.29) is 6.42 Å². The van der Waals surface area contributed by atoms with Crippen molar-refractivity contribution in [1.82, 2.24) is 0 Å². The van der Waals surface area contributed by atoms with E-state index in [4.69, 9.17) is 5.11 Å². The molecule has 10 heavy (non-hydrogen) atoms. The predicted octanol–water partition coefficient (Wildman–Crippen LogP) is 1.65.